The molecule has 0 saturated carbocycles. The van der Waals surface area contributed by atoms with Gasteiger partial charge < -0.3 is 15.0 Å². The summed E-state index contributed by atoms with van der Waals surface area (Å²) in [5, 5.41) is 4.07. The van der Waals surface area contributed by atoms with Crippen LogP contribution in [0, 0.1) is 0 Å². The number of aromatic amines is 1. The van der Waals surface area contributed by atoms with Gasteiger partial charge >= 0.3 is 0 Å². The number of ether oxygens (including phenoxy) is 1. The lowest BCUT2D eigenvalue weighted by Gasteiger charge is -2.19. The van der Waals surface area contributed by atoms with Crippen LogP contribution in [0.3, 0.4) is 0 Å². The Morgan fingerprint density at radius 2 is 1.78 bits per heavy atom. The summed E-state index contributed by atoms with van der Waals surface area (Å²) in [6.45, 7) is 7.17. The van der Waals surface area contributed by atoms with E-state index in [-0.39, 0.29) is 22.6 Å². The van der Waals surface area contributed by atoms with Gasteiger partial charge in [0.15, 0.2) is 0 Å². The van der Waals surface area contributed by atoms with Crippen molar-refractivity contribution in [3.8, 4) is 5.75 Å². The zero-order valence-corrected chi connectivity index (χ0v) is 15.8. The van der Waals surface area contributed by atoms with Crippen LogP contribution in [0.4, 0.5) is 0 Å². The molecular formula is C22H24N2O3. The van der Waals surface area contributed by atoms with E-state index in [0.717, 1.165) is 11.1 Å². The van der Waals surface area contributed by atoms with Crippen LogP contribution < -0.4 is 15.6 Å². The van der Waals surface area contributed by atoms with Gasteiger partial charge in [-0.1, -0.05) is 51.1 Å². The van der Waals surface area contributed by atoms with Gasteiger partial charge in [0.05, 0.1) is 6.54 Å². The SMILES string of the molecule is CC(C)(C)c1ccc(OCCNC(=O)c2cc3ccccc3c(=O)[nH]2)cc1. The van der Waals surface area contributed by atoms with Gasteiger partial charge in [0.25, 0.3) is 11.5 Å². The van der Waals surface area contributed by atoms with Crippen molar-refractivity contribution in [1.82, 2.24) is 10.3 Å². The molecule has 3 aromatic rings. The first kappa shape index (κ1) is 18.7. The molecule has 0 aliphatic heterocycles. The molecule has 2 N–H and O–H groups in total. The molecule has 1 heterocycles. The van der Waals surface area contributed by atoms with Gasteiger partial charge in [0.2, 0.25) is 0 Å². The van der Waals surface area contributed by atoms with E-state index >= 15 is 0 Å². The zero-order valence-electron chi connectivity index (χ0n) is 15.8. The molecule has 0 bridgehead atoms. The Balaban J connectivity index is 1.55. The average molecular weight is 364 g/mol. The first-order valence-electron chi connectivity index (χ1n) is 8.98. The van der Waals surface area contributed by atoms with Gasteiger partial charge in [-0.2, -0.15) is 0 Å². The number of carbonyl (C=O) groups is 1. The molecule has 0 atom stereocenters. The second-order valence-corrected chi connectivity index (χ2v) is 7.48. The number of amides is 1. The minimum absolute atomic E-state index is 0.100. The molecule has 0 radical (unpaired) electrons. The van der Waals surface area contributed by atoms with Crippen molar-refractivity contribution < 1.29 is 9.53 Å². The molecule has 0 spiro atoms. The van der Waals surface area contributed by atoms with Gasteiger partial charge in [-0.25, -0.2) is 0 Å². The molecule has 1 amide bonds. The van der Waals surface area contributed by atoms with Crippen molar-refractivity contribution >= 4 is 16.7 Å². The van der Waals surface area contributed by atoms with E-state index in [9.17, 15) is 9.59 Å². The van der Waals surface area contributed by atoms with E-state index < -0.39 is 0 Å². The molecular weight excluding hydrogens is 340 g/mol. The van der Waals surface area contributed by atoms with Crippen molar-refractivity contribution in [3.63, 3.8) is 0 Å². The topological polar surface area (TPSA) is 71.2 Å². The highest BCUT2D eigenvalue weighted by Crippen LogP contribution is 2.24. The number of carbonyl (C=O) groups excluding carboxylic acids is 1. The summed E-state index contributed by atoms with van der Waals surface area (Å²) in [7, 11) is 0. The Hall–Kier alpha value is -3.08. The number of hydrogen-bond donors (Lipinski definition) is 2. The number of fused-ring (bicyclic) bond motifs is 1. The Kier molecular flexibility index (Phi) is 5.31. The molecule has 1 aromatic heterocycles. The number of H-pyrrole nitrogens is 1. The van der Waals surface area contributed by atoms with E-state index in [4.69, 9.17) is 4.74 Å². The maximum atomic E-state index is 12.3. The van der Waals surface area contributed by atoms with Crippen LogP contribution in [0.2, 0.25) is 0 Å². The lowest BCUT2D eigenvalue weighted by molar-refractivity contribution is 0.0942. The summed E-state index contributed by atoms with van der Waals surface area (Å²) in [6, 6.07) is 16.8. The molecule has 0 saturated heterocycles. The lowest BCUT2D eigenvalue weighted by atomic mass is 9.87. The van der Waals surface area contributed by atoms with Crippen LogP contribution in [-0.4, -0.2) is 24.0 Å². The summed E-state index contributed by atoms with van der Waals surface area (Å²) in [4.78, 5) is 26.9. The third-order valence-electron chi connectivity index (χ3n) is 4.37. The Morgan fingerprint density at radius 1 is 1.07 bits per heavy atom. The first-order chi connectivity index (χ1) is 12.8. The summed E-state index contributed by atoms with van der Waals surface area (Å²) in [5.74, 6) is 0.431. The molecule has 0 aliphatic rings. The highest BCUT2D eigenvalue weighted by Gasteiger charge is 2.13. The molecule has 0 aliphatic carbocycles. The average Bonchev–Trinajstić information content (AvgIpc) is 2.64. The summed E-state index contributed by atoms with van der Waals surface area (Å²) in [6.07, 6.45) is 0. The Bertz CT molecular complexity index is 998. The normalized spacial score (nSPS) is 11.4. The molecule has 27 heavy (non-hydrogen) atoms. The van der Waals surface area contributed by atoms with Crippen LogP contribution in [0.25, 0.3) is 10.8 Å². The highest BCUT2D eigenvalue weighted by molar-refractivity contribution is 5.96. The number of rotatable bonds is 5. The number of aromatic nitrogens is 1. The Labute approximate surface area is 158 Å². The number of nitrogens with one attached hydrogen (secondary N) is 2. The molecule has 0 unspecified atom stereocenters. The van der Waals surface area contributed by atoms with Crippen LogP contribution in [-0.2, 0) is 5.41 Å². The van der Waals surface area contributed by atoms with Gasteiger partial charge in [0, 0.05) is 5.39 Å². The predicted octanol–water partition coefficient (Wildman–Crippen LogP) is 3.63. The smallest absolute Gasteiger partial charge is 0.267 e. The van der Waals surface area contributed by atoms with Crippen LogP contribution in [0.15, 0.2) is 59.4 Å². The van der Waals surface area contributed by atoms with E-state index in [2.05, 4.69) is 31.1 Å². The van der Waals surface area contributed by atoms with E-state index in [1.165, 1.54) is 5.56 Å². The maximum absolute atomic E-state index is 12.3. The maximum Gasteiger partial charge on any atom is 0.267 e. The minimum atomic E-state index is -0.329. The summed E-state index contributed by atoms with van der Waals surface area (Å²) >= 11 is 0. The molecule has 5 heteroatoms. The van der Waals surface area contributed by atoms with Crippen molar-refractivity contribution in [2.24, 2.45) is 0 Å². The molecule has 3 rings (SSSR count). The lowest BCUT2D eigenvalue weighted by Crippen LogP contribution is -2.30. The largest absolute Gasteiger partial charge is 0.492 e. The summed E-state index contributed by atoms with van der Waals surface area (Å²) in [5.41, 5.74) is 1.31. The van der Waals surface area contributed by atoms with Crippen molar-refractivity contribution in [1.29, 1.82) is 0 Å². The number of benzene rings is 2. The van der Waals surface area contributed by atoms with Crippen LogP contribution in [0.5, 0.6) is 5.75 Å². The monoisotopic (exact) mass is 364 g/mol. The predicted molar refractivity (Wildman–Crippen MR) is 108 cm³/mol. The fourth-order valence-electron chi connectivity index (χ4n) is 2.81. The highest BCUT2D eigenvalue weighted by atomic mass is 16.5. The molecule has 140 valence electrons. The number of hydrogen-bond acceptors (Lipinski definition) is 3. The van der Waals surface area contributed by atoms with Gasteiger partial charge in [-0.3, -0.25) is 9.59 Å². The summed E-state index contributed by atoms with van der Waals surface area (Å²) < 4.78 is 5.67. The Morgan fingerprint density at radius 3 is 2.48 bits per heavy atom. The van der Waals surface area contributed by atoms with Crippen molar-refractivity contribution in [2.75, 3.05) is 13.2 Å². The third kappa shape index (κ3) is 4.56. The second-order valence-electron chi connectivity index (χ2n) is 7.48. The first-order valence-corrected chi connectivity index (χ1v) is 8.98. The third-order valence-corrected chi connectivity index (χ3v) is 4.37. The number of pyridine rings is 1. The van der Waals surface area contributed by atoms with Crippen LogP contribution in [0.1, 0.15) is 36.8 Å². The van der Waals surface area contributed by atoms with Gasteiger partial charge in [0.1, 0.15) is 18.1 Å². The van der Waals surface area contributed by atoms with E-state index in [0.29, 0.717) is 18.5 Å². The fraction of sp³-hybridized carbons (Fsp3) is 0.273. The second kappa shape index (κ2) is 7.66. The zero-order chi connectivity index (χ0) is 19.4. The van der Waals surface area contributed by atoms with Crippen molar-refractivity contribution in [2.45, 2.75) is 26.2 Å². The molecule has 5 nitrogen and oxygen atoms in total. The van der Waals surface area contributed by atoms with E-state index in [1.807, 2.05) is 36.4 Å². The minimum Gasteiger partial charge on any atom is -0.492 e. The van der Waals surface area contributed by atoms with Crippen LogP contribution >= 0.6 is 0 Å². The fourth-order valence-corrected chi connectivity index (χ4v) is 2.81. The van der Waals surface area contributed by atoms with Gasteiger partial charge in [-0.05, 0) is 40.6 Å². The molecule has 2 aromatic carbocycles. The standard InChI is InChI=1S/C22H24N2O3/c1-22(2,3)16-8-10-17(11-9-16)27-13-12-23-21(26)19-14-15-6-4-5-7-18(15)20(25)24-19/h4-11,14H,12-13H2,1-3H3,(H,23,26)(H,24,25). The van der Waals surface area contributed by atoms with Crippen molar-refractivity contribution in [3.05, 3.63) is 76.2 Å². The van der Waals surface area contributed by atoms with E-state index in [1.54, 1.807) is 18.2 Å². The van der Waals surface area contributed by atoms with Gasteiger partial charge in [-0.15, -0.1) is 0 Å². The molecule has 0 fully saturated rings. The quantitative estimate of drug-likeness (QED) is 0.679.